The number of halogens is 1. The standard InChI is InChI=1S/C16H21FN4O/c1-12-9-13(3-4-15(12)17)16-11-21(7-8-22-16)6-5-14-10-20(2)19-18-14/h3-4,9-10,16H,5-8,11H2,1-2H3. The number of hydrogen-bond donors (Lipinski definition) is 0. The van der Waals surface area contributed by atoms with Crippen molar-refractivity contribution >= 4 is 0 Å². The predicted octanol–water partition coefficient (Wildman–Crippen LogP) is 1.88. The number of nitrogens with zero attached hydrogens (tertiary/aromatic N) is 4. The summed E-state index contributed by atoms with van der Waals surface area (Å²) in [5.74, 6) is -0.168. The molecule has 1 aromatic heterocycles. The Bertz CT molecular complexity index is 643. The van der Waals surface area contributed by atoms with Crippen molar-refractivity contribution in [1.29, 1.82) is 0 Å². The zero-order chi connectivity index (χ0) is 15.5. The van der Waals surface area contributed by atoms with Gasteiger partial charge in [0.15, 0.2) is 0 Å². The monoisotopic (exact) mass is 304 g/mol. The molecule has 3 rings (SSSR count). The highest BCUT2D eigenvalue weighted by atomic mass is 19.1. The molecule has 1 aliphatic rings. The fraction of sp³-hybridized carbons (Fsp3) is 0.500. The minimum absolute atomic E-state index is 0.00917. The van der Waals surface area contributed by atoms with Crippen LogP contribution in [-0.4, -0.2) is 46.1 Å². The van der Waals surface area contributed by atoms with Crippen molar-refractivity contribution in [2.24, 2.45) is 7.05 Å². The summed E-state index contributed by atoms with van der Waals surface area (Å²) in [5.41, 5.74) is 2.71. The quantitative estimate of drug-likeness (QED) is 0.865. The highest BCUT2D eigenvalue weighted by molar-refractivity contribution is 5.26. The van der Waals surface area contributed by atoms with Gasteiger partial charge in [-0.2, -0.15) is 0 Å². The Hall–Kier alpha value is -1.79. The van der Waals surface area contributed by atoms with Crippen LogP contribution in [0, 0.1) is 12.7 Å². The van der Waals surface area contributed by atoms with Crippen LogP contribution in [0.1, 0.15) is 22.9 Å². The summed E-state index contributed by atoms with van der Waals surface area (Å²) >= 11 is 0. The maximum absolute atomic E-state index is 13.4. The van der Waals surface area contributed by atoms with Crippen LogP contribution >= 0.6 is 0 Å². The maximum Gasteiger partial charge on any atom is 0.126 e. The molecule has 1 fully saturated rings. The van der Waals surface area contributed by atoms with Crippen LogP contribution in [0.2, 0.25) is 0 Å². The van der Waals surface area contributed by atoms with E-state index < -0.39 is 0 Å². The van der Waals surface area contributed by atoms with Gasteiger partial charge in [0.25, 0.3) is 0 Å². The Morgan fingerprint density at radius 1 is 1.41 bits per heavy atom. The van der Waals surface area contributed by atoms with E-state index in [4.69, 9.17) is 4.74 Å². The van der Waals surface area contributed by atoms with Gasteiger partial charge < -0.3 is 4.74 Å². The van der Waals surface area contributed by atoms with E-state index in [-0.39, 0.29) is 11.9 Å². The van der Waals surface area contributed by atoms with Gasteiger partial charge in [0.2, 0.25) is 0 Å². The molecular formula is C16H21FN4O. The molecule has 1 aliphatic heterocycles. The lowest BCUT2D eigenvalue weighted by molar-refractivity contribution is -0.0296. The molecule has 1 aromatic carbocycles. The summed E-state index contributed by atoms with van der Waals surface area (Å²) < 4.78 is 21.0. The van der Waals surface area contributed by atoms with E-state index in [9.17, 15) is 4.39 Å². The molecule has 22 heavy (non-hydrogen) atoms. The van der Waals surface area contributed by atoms with Gasteiger partial charge in [0.05, 0.1) is 18.4 Å². The van der Waals surface area contributed by atoms with Crippen LogP contribution in [0.5, 0.6) is 0 Å². The zero-order valence-corrected chi connectivity index (χ0v) is 13.0. The van der Waals surface area contributed by atoms with Gasteiger partial charge in [-0.25, -0.2) is 4.39 Å². The number of aromatic nitrogens is 3. The second kappa shape index (κ2) is 6.54. The lowest BCUT2D eigenvalue weighted by Crippen LogP contribution is -2.39. The van der Waals surface area contributed by atoms with Crippen LogP contribution in [0.4, 0.5) is 4.39 Å². The Balaban J connectivity index is 1.60. The molecule has 0 amide bonds. The SMILES string of the molecule is Cc1cc(C2CN(CCc3cn(C)nn3)CCO2)ccc1F. The summed E-state index contributed by atoms with van der Waals surface area (Å²) in [6.45, 7) is 5.15. The first-order valence-corrected chi connectivity index (χ1v) is 7.57. The van der Waals surface area contributed by atoms with Crippen LogP contribution in [-0.2, 0) is 18.2 Å². The van der Waals surface area contributed by atoms with E-state index in [1.165, 1.54) is 6.07 Å². The van der Waals surface area contributed by atoms with Gasteiger partial charge in [-0.05, 0) is 24.1 Å². The van der Waals surface area contributed by atoms with E-state index in [0.717, 1.165) is 37.3 Å². The highest BCUT2D eigenvalue weighted by Crippen LogP contribution is 2.24. The number of hydrogen-bond acceptors (Lipinski definition) is 4. The minimum atomic E-state index is -0.168. The normalized spacial score (nSPS) is 19.5. The molecular weight excluding hydrogens is 283 g/mol. The van der Waals surface area contributed by atoms with Crippen molar-refractivity contribution in [3.63, 3.8) is 0 Å². The molecule has 0 radical (unpaired) electrons. The van der Waals surface area contributed by atoms with E-state index in [2.05, 4.69) is 15.2 Å². The molecule has 1 unspecified atom stereocenters. The molecule has 0 N–H and O–H groups in total. The Morgan fingerprint density at radius 3 is 3.00 bits per heavy atom. The average Bonchev–Trinajstić information content (AvgIpc) is 2.94. The van der Waals surface area contributed by atoms with Gasteiger partial charge >= 0.3 is 0 Å². The van der Waals surface area contributed by atoms with Crippen LogP contribution < -0.4 is 0 Å². The van der Waals surface area contributed by atoms with Crippen LogP contribution in [0.3, 0.4) is 0 Å². The molecule has 1 atom stereocenters. The van der Waals surface area contributed by atoms with Gasteiger partial charge in [0, 0.05) is 39.3 Å². The smallest absolute Gasteiger partial charge is 0.126 e. The third kappa shape index (κ3) is 3.51. The third-order valence-electron chi connectivity index (χ3n) is 4.04. The molecule has 0 aliphatic carbocycles. The van der Waals surface area contributed by atoms with E-state index >= 15 is 0 Å². The van der Waals surface area contributed by atoms with Gasteiger partial charge in [-0.15, -0.1) is 5.10 Å². The number of ether oxygens (including phenoxy) is 1. The average molecular weight is 304 g/mol. The fourth-order valence-corrected chi connectivity index (χ4v) is 2.76. The van der Waals surface area contributed by atoms with E-state index in [0.29, 0.717) is 12.2 Å². The summed E-state index contributed by atoms with van der Waals surface area (Å²) in [7, 11) is 1.87. The first kappa shape index (κ1) is 15.1. The van der Waals surface area contributed by atoms with Gasteiger partial charge in [0.1, 0.15) is 5.82 Å². The number of benzene rings is 1. The van der Waals surface area contributed by atoms with Crippen molar-refractivity contribution in [2.75, 3.05) is 26.2 Å². The molecule has 5 nitrogen and oxygen atoms in total. The lowest BCUT2D eigenvalue weighted by atomic mass is 10.0. The lowest BCUT2D eigenvalue weighted by Gasteiger charge is -2.33. The molecule has 1 saturated heterocycles. The van der Waals surface area contributed by atoms with Crippen molar-refractivity contribution in [2.45, 2.75) is 19.4 Å². The van der Waals surface area contributed by atoms with Crippen molar-refractivity contribution in [1.82, 2.24) is 19.9 Å². The maximum atomic E-state index is 13.4. The van der Waals surface area contributed by atoms with E-state index in [1.807, 2.05) is 25.4 Å². The molecule has 0 saturated carbocycles. The number of aryl methyl sites for hydroxylation is 2. The summed E-state index contributed by atoms with van der Waals surface area (Å²) in [4.78, 5) is 2.36. The Kier molecular flexibility index (Phi) is 4.49. The molecule has 118 valence electrons. The largest absolute Gasteiger partial charge is 0.371 e. The second-order valence-corrected chi connectivity index (χ2v) is 5.80. The summed E-state index contributed by atoms with van der Waals surface area (Å²) in [5, 5.41) is 8.06. The van der Waals surface area contributed by atoms with Crippen molar-refractivity contribution in [3.8, 4) is 0 Å². The number of rotatable bonds is 4. The first-order chi connectivity index (χ1) is 10.6. The van der Waals surface area contributed by atoms with Crippen LogP contribution in [0.25, 0.3) is 0 Å². The highest BCUT2D eigenvalue weighted by Gasteiger charge is 2.22. The molecule has 2 aromatic rings. The molecule has 0 spiro atoms. The van der Waals surface area contributed by atoms with E-state index in [1.54, 1.807) is 11.6 Å². The fourth-order valence-electron chi connectivity index (χ4n) is 2.76. The molecule has 6 heteroatoms. The molecule has 0 bridgehead atoms. The topological polar surface area (TPSA) is 43.2 Å². The van der Waals surface area contributed by atoms with Crippen LogP contribution in [0.15, 0.2) is 24.4 Å². The predicted molar refractivity (Wildman–Crippen MR) is 81.0 cm³/mol. The first-order valence-electron chi connectivity index (χ1n) is 7.57. The zero-order valence-electron chi connectivity index (χ0n) is 13.0. The Morgan fingerprint density at radius 2 is 2.27 bits per heavy atom. The third-order valence-corrected chi connectivity index (χ3v) is 4.04. The van der Waals surface area contributed by atoms with Crippen molar-refractivity contribution < 1.29 is 9.13 Å². The summed E-state index contributed by atoms with van der Waals surface area (Å²) in [6.07, 6.45) is 2.83. The van der Waals surface area contributed by atoms with Gasteiger partial charge in [-0.1, -0.05) is 17.3 Å². The summed E-state index contributed by atoms with van der Waals surface area (Å²) in [6, 6.07) is 5.22. The number of morpholine rings is 1. The minimum Gasteiger partial charge on any atom is -0.371 e. The Labute approximate surface area is 129 Å². The molecule has 2 heterocycles. The van der Waals surface area contributed by atoms with Gasteiger partial charge in [-0.3, -0.25) is 9.58 Å². The second-order valence-electron chi connectivity index (χ2n) is 5.80. The van der Waals surface area contributed by atoms with Crippen molar-refractivity contribution in [3.05, 3.63) is 47.0 Å².